The van der Waals surface area contributed by atoms with Gasteiger partial charge in [0.15, 0.2) is 0 Å². The molecule has 0 saturated carbocycles. The zero-order valence-corrected chi connectivity index (χ0v) is 17.6. The van der Waals surface area contributed by atoms with Crippen LogP contribution in [-0.2, 0) is 16.1 Å². The van der Waals surface area contributed by atoms with Gasteiger partial charge in [0.2, 0.25) is 0 Å². The van der Waals surface area contributed by atoms with Crippen molar-refractivity contribution in [1.29, 1.82) is 0 Å². The molecule has 2 amide bonds. The van der Waals surface area contributed by atoms with Crippen LogP contribution in [0.5, 0.6) is 0 Å². The summed E-state index contributed by atoms with van der Waals surface area (Å²) in [4.78, 5) is 30.3. The molecule has 5 heteroatoms. The zero-order chi connectivity index (χ0) is 20.5. The van der Waals surface area contributed by atoms with Crippen molar-refractivity contribution in [3.63, 3.8) is 0 Å². The van der Waals surface area contributed by atoms with E-state index in [9.17, 15) is 9.59 Å². The highest BCUT2D eigenvalue weighted by atomic mass is 35.5. The average molecular weight is 409 g/mol. The fraction of sp³-hybridized carbons (Fsp3) is 0.333. The van der Waals surface area contributed by atoms with Gasteiger partial charge in [0.05, 0.1) is 12.1 Å². The number of nitrogens with zero attached hydrogens (tertiary/aromatic N) is 2. The summed E-state index contributed by atoms with van der Waals surface area (Å²) in [6.07, 6.45) is 2.05. The molecule has 29 heavy (non-hydrogen) atoms. The monoisotopic (exact) mass is 408 g/mol. The Morgan fingerprint density at radius 1 is 0.966 bits per heavy atom. The molecule has 1 saturated heterocycles. The van der Waals surface area contributed by atoms with Gasteiger partial charge in [-0.1, -0.05) is 66.6 Å². The first kappa shape index (κ1) is 19.7. The van der Waals surface area contributed by atoms with Crippen molar-refractivity contribution in [2.75, 3.05) is 13.1 Å². The molecule has 2 aromatic rings. The van der Waals surface area contributed by atoms with Gasteiger partial charge in [0, 0.05) is 18.1 Å². The number of benzene rings is 2. The second kappa shape index (κ2) is 8.03. The summed E-state index contributed by atoms with van der Waals surface area (Å²) in [5, 5.41) is 0.560. The van der Waals surface area contributed by atoms with Gasteiger partial charge in [0.25, 0.3) is 11.8 Å². The molecule has 0 atom stereocenters. The highest BCUT2D eigenvalue weighted by molar-refractivity contribution is 6.35. The number of rotatable bonds is 4. The molecule has 2 aliphatic heterocycles. The first-order valence-electron chi connectivity index (χ1n) is 10.1. The number of likely N-dealkylation sites (tertiary alicyclic amines) is 1. The third-order valence-electron chi connectivity index (χ3n) is 5.87. The van der Waals surface area contributed by atoms with E-state index in [0.717, 1.165) is 42.6 Å². The van der Waals surface area contributed by atoms with Crippen molar-refractivity contribution in [3.8, 4) is 0 Å². The molecule has 1 fully saturated rings. The van der Waals surface area contributed by atoms with Gasteiger partial charge < -0.3 is 4.90 Å². The number of hydrogen-bond acceptors (Lipinski definition) is 3. The number of amides is 2. The van der Waals surface area contributed by atoms with Crippen molar-refractivity contribution in [1.82, 2.24) is 9.80 Å². The SMILES string of the molecule is Cc1ccc(C2=C(N3CCC(C)CC3)C(=O)N(Cc3ccccc3Cl)C2=O)cc1. The molecule has 2 aliphatic rings. The van der Waals surface area contributed by atoms with E-state index in [1.165, 1.54) is 4.90 Å². The van der Waals surface area contributed by atoms with E-state index in [1.807, 2.05) is 49.4 Å². The quantitative estimate of drug-likeness (QED) is 0.691. The second-order valence-electron chi connectivity index (χ2n) is 8.05. The van der Waals surface area contributed by atoms with Crippen molar-refractivity contribution in [2.24, 2.45) is 5.92 Å². The summed E-state index contributed by atoms with van der Waals surface area (Å²) in [5.74, 6) is 0.175. The Morgan fingerprint density at radius 3 is 2.28 bits per heavy atom. The van der Waals surface area contributed by atoms with E-state index in [2.05, 4.69) is 11.8 Å². The van der Waals surface area contributed by atoms with E-state index < -0.39 is 0 Å². The summed E-state index contributed by atoms with van der Waals surface area (Å²) in [6, 6.07) is 15.2. The fourth-order valence-electron chi connectivity index (χ4n) is 4.01. The Hall–Kier alpha value is -2.59. The van der Waals surface area contributed by atoms with Gasteiger partial charge in [-0.2, -0.15) is 0 Å². The lowest BCUT2D eigenvalue weighted by molar-refractivity contribution is -0.138. The largest absolute Gasteiger partial charge is 0.366 e. The van der Waals surface area contributed by atoms with Gasteiger partial charge in [-0.15, -0.1) is 0 Å². The van der Waals surface area contributed by atoms with Crippen LogP contribution in [0.3, 0.4) is 0 Å². The molecule has 0 bridgehead atoms. The lowest BCUT2D eigenvalue weighted by Crippen LogP contribution is -2.38. The van der Waals surface area contributed by atoms with Crippen LogP contribution < -0.4 is 0 Å². The molecule has 4 rings (SSSR count). The molecule has 0 aliphatic carbocycles. The molecule has 4 nitrogen and oxygen atoms in total. The first-order chi connectivity index (χ1) is 14.0. The minimum absolute atomic E-state index is 0.181. The van der Waals surface area contributed by atoms with Gasteiger partial charge in [-0.05, 0) is 42.9 Å². The maximum Gasteiger partial charge on any atom is 0.278 e. The second-order valence-corrected chi connectivity index (χ2v) is 8.45. The number of imide groups is 1. The van der Waals surface area contributed by atoms with Crippen LogP contribution in [0.4, 0.5) is 0 Å². The molecule has 0 radical (unpaired) electrons. The van der Waals surface area contributed by atoms with Crippen LogP contribution in [0.15, 0.2) is 54.2 Å². The van der Waals surface area contributed by atoms with Gasteiger partial charge in [-0.25, -0.2) is 0 Å². The smallest absolute Gasteiger partial charge is 0.278 e. The highest BCUT2D eigenvalue weighted by Crippen LogP contribution is 2.35. The van der Waals surface area contributed by atoms with Crippen molar-refractivity contribution >= 4 is 29.0 Å². The van der Waals surface area contributed by atoms with Crippen LogP contribution >= 0.6 is 11.6 Å². The van der Waals surface area contributed by atoms with Crippen LogP contribution in [-0.4, -0.2) is 34.7 Å². The Labute approximate surface area is 176 Å². The summed E-state index contributed by atoms with van der Waals surface area (Å²) in [5.41, 5.74) is 3.73. The summed E-state index contributed by atoms with van der Waals surface area (Å²) in [6.45, 7) is 6.02. The maximum absolute atomic E-state index is 13.4. The standard InChI is InChI=1S/C24H25ClN2O2/c1-16-7-9-18(10-8-16)21-22(26-13-11-17(2)12-14-26)24(29)27(23(21)28)15-19-5-3-4-6-20(19)25/h3-10,17H,11-15H2,1-2H3. The number of aryl methyl sites for hydroxylation is 1. The number of piperidine rings is 1. The average Bonchev–Trinajstić information content (AvgIpc) is 2.96. The Kier molecular flexibility index (Phi) is 5.46. The molecule has 0 spiro atoms. The van der Waals surface area contributed by atoms with Gasteiger partial charge in [-0.3, -0.25) is 14.5 Å². The predicted octanol–water partition coefficient (Wildman–Crippen LogP) is 4.66. The molecule has 2 aromatic carbocycles. The molecule has 2 heterocycles. The van der Waals surface area contributed by atoms with E-state index in [1.54, 1.807) is 6.07 Å². The van der Waals surface area contributed by atoms with Crippen molar-refractivity contribution in [2.45, 2.75) is 33.2 Å². The first-order valence-corrected chi connectivity index (χ1v) is 10.5. The molecular formula is C24H25ClN2O2. The zero-order valence-electron chi connectivity index (χ0n) is 16.8. The molecule has 0 aromatic heterocycles. The molecule has 0 unspecified atom stereocenters. The topological polar surface area (TPSA) is 40.6 Å². The van der Waals surface area contributed by atoms with Gasteiger partial charge in [0.1, 0.15) is 5.70 Å². The molecule has 0 N–H and O–H groups in total. The Morgan fingerprint density at radius 2 is 1.62 bits per heavy atom. The van der Waals surface area contributed by atoms with Crippen LogP contribution in [0.25, 0.3) is 5.57 Å². The summed E-state index contributed by atoms with van der Waals surface area (Å²) in [7, 11) is 0. The fourth-order valence-corrected chi connectivity index (χ4v) is 4.21. The number of carbonyl (C=O) groups is 2. The Balaban J connectivity index is 1.73. The predicted molar refractivity (Wildman–Crippen MR) is 115 cm³/mol. The van der Waals surface area contributed by atoms with Crippen molar-refractivity contribution < 1.29 is 9.59 Å². The van der Waals surface area contributed by atoms with E-state index in [-0.39, 0.29) is 18.4 Å². The van der Waals surface area contributed by atoms with E-state index >= 15 is 0 Å². The molecular weight excluding hydrogens is 384 g/mol. The lowest BCUT2D eigenvalue weighted by Gasteiger charge is -2.32. The van der Waals surface area contributed by atoms with Crippen LogP contribution in [0.1, 0.15) is 36.5 Å². The number of hydrogen-bond donors (Lipinski definition) is 0. The highest BCUT2D eigenvalue weighted by Gasteiger charge is 2.42. The molecule has 150 valence electrons. The lowest BCUT2D eigenvalue weighted by atomic mass is 9.97. The number of carbonyl (C=O) groups excluding carboxylic acids is 2. The minimum atomic E-state index is -0.243. The van der Waals surface area contributed by atoms with Crippen molar-refractivity contribution in [3.05, 3.63) is 75.9 Å². The normalized spacial score (nSPS) is 18.2. The Bertz CT molecular complexity index is 973. The van der Waals surface area contributed by atoms with E-state index in [0.29, 0.717) is 22.2 Å². The van der Waals surface area contributed by atoms with Gasteiger partial charge >= 0.3 is 0 Å². The van der Waals surface area contributed by atoms with Crippen LogP contribution in [0, 0.1) is 12.8 Å². The summed E-state index contributed by atoms with van der Waals surface area (Å²) < 4.78 is 0. The summed E-state index contributed by atoms with van der Waals surface area (Å²) >= 11 is 6.30. The maximum atomic E-state index is 13.4. The third kappa shape index (κ3) is 3.82. The minimum Gasteiger partial charge on any atom is -0.366 e. The van der Waals surface area contributed by atoms with E-state index in [4.69, 9.17) is 11.6 Å². The number of halogens is 1. The van der Waals surface area contributed by atoms with Crippen LogP contribution in [0.2, 0.25) is 5.02 Å². The third-order valence-corrected chi connectivity index (χ3v) is 6.24.